The molecule has 0 amide bonds. The number of para-hydroxylation sites is 1. The van der Waals surface area contributed by atoms with Gasteiger partial charge in [0.15, 0.2) is 0 Å². The fraction of sp³-hybridized carbons (Fsp3) is 0.0882. The molecule has 37 heavy (non-hydrogen) atoms. The summed E-state index contributed by atoms with van der Waals surface area (Å²) >= 11 is 1.90. The summed E-state index contributed by atoms with van der Waals surface area (Å²) in [5.41, 5.74) is 4.92. The molecule has 0 N–H and O–H groups in total. The third-order valence-corrected chi connectivity index (χ3v) is 8.97. The van der Waals surface area contributed by atoms with E-state index in [4.69, 9.17) is 4.98 Å². The van der Waals surface area contributed by atoms with Gasteiger partial charge >= 0.3 is 0 Å². The summed E-state index contributed by atoms with van der Waals surface area (Å²) in [4.78, 5) is 4.94. The standard InChI is InChI=1S/C34H24N2S/c1-21-14-16-22(17-15-21)23-18-19-35-30(20-23)36-28-12-6-4-10-26(28)31-32-27-11-5-7-13-29(27)37-34(32)25-9-3-2-8-24(25)33(31)36/h2-14,16-21H,15H2,1H3. The van der Waals surface area contributed by atoms with Crippen LogP contribution < -0.4 is 0 Å². The highest BCUT2D eigenvalue weighted by Gasteiger charge is 2.22. The molecule has 0 bridgehead atoms. The number of hydrogen-bond acceptors (Lipinski definition) is 2. The van der Waals surface area contributed by atoms with Gasteiger partial charge in [0.2, 0.25) is 0 Å². The second-order valence-corrected chi connectivity index (χ2v) is 11.1. The summed E-state index contributed by atoms with van der Waals surface area (Å²) < 4.78 is 5.08. The topological polar surface area (TPSA) is 17.8 Å². The maximum atomic E-state index is 4.94. The van der Waals surface area contributed by atoms with Crippen LogP contribution >= 0.6 is 11.3 Å². The Kier molecular flexibility index (Phi) is 4.47. The second kappa shape index (κ2) is 7.89. The molecule has 2 nitrogen and oxygen atoms in total. The van der Waals surface area contributed by atoms with E-state index in [1.165, 1.54) is 63.9 Å². The van der Waals surface area contributed by atoms with E-state index in [1.807, 2.05) is 17.5 Å². The van der Waals surface area contributed by atoms with Crippen molar-refractivity contribution in [3.8, 4) is 5.82 Å². The number of thiophene rings is 1. The van der Waals surface area contributed by atoms with Crippen LogP contribution in [0.1, 0.15) is 18.9 Å². The van der Waals surface area contributed by atoms with Crippen molar-refractivity contribution in [3.63, 3.8) is 0 Å². The van der Waals surface area contributed by atoms with Gasteiger partial charge in [-0.2, -0.15) is 0 Å². The number of aromatic nitrogens is 2. The number of fused-ring (bicyclic) bond motifs is 10. The van der Waals surface area contributed by atoms with E-state index in [0.717, 1.165) is 12.2 Å². The van der Waals surface area contributed by atoms with Crippen LogP contribution in [0.4, 0.5) is 0 Å². The van der Waals surface area contributed by atoms with E-state index < -0.39 is 0 Å². The molecule has 8 rings (SSSR count). The van der Waals surface area contributed by atoms with Gasteiger partial charge in [0.1, 0.15) is 5.82 Å². The molecule has 0 saturated carbocycles. The third-order valence-electron chi connectivity index (χ3n) is 7.77. The van der Waals surface area contributed by atoms with Gasteiger partial charge in [-0.1, -0.05) is 85.8 Å². The lowest BCUT2D eigenvalue weighted by Crippen LogP contribution is -2.00. The van der Waals surface area contributed by atoms with Crippen LogP contribution in [-0.2, 0) is 0 Å². The van der Waals surface area contributed by atoms with Crippen molar-refractivity contribution in [2.24, 2.45) is 5.92 Å². The van der Waals surface area contributed by atoms with Gasteiger partial charge in [-0.15, -0.1) is 11.3 Å². The highest BCUT2D eigenvalue weighted by Crippen LogP contribution is 2.47. The van der Waals surface area contributed by atoms with Crippen molar-refractivity contribution in [2.45, 2.75) is 13.3 Å². The molecule has 3 aromatic heterocycles. The molecule has 0 fully saturated rings. The highest BCUT2D eigenvalue weighted by molar-refractivity contribution is 7.27. The molecular formula is C34H24N2S. The van der Waals surface area contributed by atoms with Gasteiger partial charge in [-0.25, -0.2) is 4.98 Å². The lowest BCUT2D eigenvalue weighted by molar-refractivity contribution is 0.739. The van der Waals surface area contributed by atoms with E-state index >= 15 is 0 Å². The monoisotopic (exact) mass is 492 g/mol. The summed E-state index contributed by atoms with van der Waals surface area (Å²) in [6.45, 7) is 2.26. The number of allylic oxidation sites excluding steroid dienone is 4. The normalized spacial score (nSPS) is 15.9. The zero-order valence-corrected chi connectivity index (χ0v) is 21.3. The quantitative estimate of drug-likeness (QED) is 0.235. The fourth-order valence-electron chi connectivity index (χ4n) is 6.02. The van der Waals surface area contributed by atoms with Crippen molar-refractivity contribution in [2.75, 3.05) is 0 Å². The zero-order valence-electron chi connectivity index (χ0n) is 20.5. The molecule has 3 heterocycles. The van der Waals surface area contributed by atoms with Crippen LogP contribution in [0.25, 0.3) is 64.1 Å². The summed E-state index contributed by atoms with van der Waals surface area (Å²) in [5, 5.41) is 7.85. The molecule has 3 heteroatoms. The molecular weight excluding hydrogens is 468 g/mol. The molecule has 0 aliphatic heterocycles. The summed E-state index contributed by atoms with van der Waals surface area (Å²) in [6.07, 6.45) is 9.95. The Hall–Kier alpha value is -4.21. The molecule has 1 atom stereocenters. The van der Waals surface area contributed by atoms with Crippen LogP contribution in [0.2, 0.25) is 0 Å². The predicted octanol–water partition coefficient (Wildman–Crippen LogP) is 9.68. The molecule has 1 aliphatic carbocycles. The number of pyridine rings is 1. The van der Waals surface area contributed by atoms with Crippen LogP contribution in [0.5, 0.6) is 0 Å². The minimum Gasteiger partial charge on any atom is -0.293 e. The van der Waals surface area contributed by atoms with Crippen LogP contribution in [0, 0.1) is 5.92 Å². The molecule has 0 radical (unpaired) electrons. The molecule has 1 aliphatic rings. The van der Waals surface area contributed by atoms with E-state index in [0.29, 0.717) is 5.92 Å². The summed E-state index contributed by atoms with van der Waals surface area (Å²) in [5.74, 6) is 1.55. The molecule has 0 spiro atoms. The van der Waals surface area contributed by atoms with E-state index in [2.05, 4.69) is 115 Å². The average Bonchev–Trinajstić information content (AvgIpc) is 3.50. The summed E-state index contributed by atoms with van der Waals surface area (Å²) in [7, 11) is 0. The van der Waals surface area contributed by atoms with E-state index in [-0.39, 0.29) is 0 Å². The first-order valence-electron chi connectivity index (χ1n) is 12.9. The van der Waals surface area contributed by atoms with Crippen molar-refractivity contribution in [1.82, 2.24) is 9.55 Å². The SMILES string of the molecule is CC1C=CC(c2ccnc(-n3c4ccccc4c4c5c6ccccc6sc5c5ccccc5c43)c2)=CC1. The number of hydrogen-bond donors (Lipinski definition) is 0. The van der Waals surface area contributed by atoms with Crippen LogP contribution in [0.3, 0.4) is 0 Å². The first kappa shape index (κ1) is 20.9. The number of benzene rings is 4. The number of nitrogens with zero attached hydrogens (tertiary/aromatic N) is 2. The van der Waals surface area contributed by atoms with Gasteiger partial charge < -0.3 is 0 Å². The lowest BCUT2D eigenvalue weighted by atomic mass is 9.95. The van der Waals surface area contributed by atoms with Crippen LogP contribution in [0.15, 0.2) is 109 Å². The van der Waals surface area contributed by atoms with Crippen LogP contribution in [-0.4, -0.2) is 9.55 Å². The first-order valence-corrected chi connectivity index (χ1v) is 13.7. The first-order chi connectivity index (χ1) is 18.3. The Morgan fingerprint density at radius 3 is 2.41 bits per heavy atom. The van der Waals surface area contributed by atoms with E-state index in [1.54, 1.807) is 0 Å². The maximum Gasteiger partial charge on any atom is 0.138 e. The third kappa shape index (κ3) is 3.01. The fourth-order valence-corrected chi connectivity index (χ4v) is 7.27. The average molecular weight is 493 g/mol. The van der Waals surface area contributed by atoms with Crippen molar-refractivity contribution in [3.05, 3.63) is 115 Å². The second-order valence-electron chi connectivity index (χ2n) is 10.1. The van der Waals surface area contributed by atoms with Crippen molar-refractivity contribution in [1.29, 1.82) is 0 Å². The zero-order chi connectivity index (χ0) is 24.5. The Morgan fingerprint density at radius 1 is 0.811 bits per heavy atom. The summed E-state index contributed by atoms with van der Waals surface area (Å²) in [6, 6.07) is 30.9. The highest BCUT2D eigenvalue weighted by atomic mass is 32.1. The van der Waals surface area contributed by atoms with Gasteiger partial charge in [-0.3, -0.25) is 4.57 Å². The minimum absolute atomic E-state index is 0.594. The Balaban J connectivity index is 1.56. The van der Waals surface area contributed by atoms with Crippen molar-refractivity contribution < 1.29 is 0 Å². The van der Waals surface area contributed by atoms with Gasteiger partial charge in [-0.05, 0) is 47.7 Å². The molecule has 7 aromatic rings. The molecule has 176 valence electrons. The largest absolute Gasteiger partial charge is 0.293 e. The smallest absolute Gasteiger partial charge is 0.138 e. The van der Waals surface area contributed by atoms with Gasteiger partial charge in [0.05, 0.1) is 11.0 Å². The Morgan fingerprint density at radius 2 is 1.57 bits per heavy atom. The molecule has 4 aromatic carbocycles. The molecule has 0 saturated heterocycles. The Labute approximate surface area is 218 Å². The van der Waals surface area contributed by atoms with Gasteiger partial charge in [0.25, 0.3) is 0 Å². The van der Waals surface area contributed by atoms with Gasteiger partial charge in [0, 0.05) is 47.9 Å². The molecule has 1 unspecified atom stereocenters. The number of rotatable bonds is 2. The lowest BCUT2D eigenvalue weighted by Gasteiger charge is -2.14. The maximum absolute atomic E-state index is 4.94. The van der Waals surface area contributed by atoms with Crippen molar-refractivity contribution >= 4 is 69.7 Å². The minimum atomic E-state index is 0.594. The Bertz CT molecular complexity index is 2090. The predicted molar refractivity (Wildman–Crippen MR) is 160 cm³/mol. The van der Waals surface area contributed by atoms with E-state index in [9.17, 15) is 0 Å².